The Morgan fingerprint density at radius 3 is 2.74 bits per heavy atom. The molecule has 0 fully saturated rings. The Morgan fingerprint density at radius 1 is 1.19 bits per heavy atom. The van der Waals surface area contributed by atoms with E-state index >= 15 is 0 Å². The highest BCUT2D eigenvalue weighted by Crippen LogP contribution is 2.52. The van der Waals surface area contributed by atoms with Crippen LogP contribution in [0.25, 0.3) is 0 Å². The molecule has 1 aliphatic heterocycles. The molecule has 3 atom stereocenters. The van der Waals surface area contributed by atoms with Crippen molar-refractivity contribution in [2.24, 2.45) is 5.92 Å². The number of anilines is 1. The number of benzene rings is 2. The highest BCUT2D eigenvalue weighted by atomic mass is 79.9. The van der Waals surface area contributed by atoms with E-state index in [0.29, 0.717) is 17.4 Å². The quantitative estimate of drug-likeness (QED) is 0.527. The van der Waals surface area contributed by atoms with Crippen molar-refractivity contribution < 1.29 is 14.3 Å². The molecule has 140 valence electrons. The van der Waals surface area contributed by atoms with E-state index in [4.69, 9.17) is 9.47 Å². The zero-order valence-corrected chi connectivity index (χ0v) is 17.2. The second kappa shape index (κ2) is 7.04. The Labute approximate surface area is 167 Å². The summed E-state index contributed by atoms with van der Waals surface area (Å²) in [6, 6.07) is 10.1. The second-order valence-electron chi connectivity index (χ2n) is 7.06. The van der Waals surface area contributed by atoms with Gasteiger partial charge in [0.1, 0.15) is 5.75 Å². The van der Waals surface area contributed by atoms with E-state index in [1.807, 2.05) is 25.1 Å². The largest absolute Gasteiger partial charge is 0.496 e. The van der Waals surface area contributed by atoms with Gasteiger partial charge in [0, 0.05) is 21.6 Å². The minimum Gasteiger partial charge on any atom is -0.496 e. The number of allylic oxidation sites excluding steroid dienone is 2. The molecule has 4 nitrogen and oxygen atoms in total. The van der Waals surface area contributed by atoms with E-state index in [1.54, 1.807) is 7.11 Å². The molecule has 0 saturated heterocycles. The van der Waals surface area contributed by atoms with Gasteiger partial charge in [-0.05, 0) is 54.7 Å². The summed E-state index contributed by atoms with van der Waals surface area (Å²) in [7, 11) is 3.12. The van der Waals surface area contributed by atoms with Crippen molar-refractivity contribution >= 4 is 27.6 Å². The van der Waals surface area contributed by atoms with Gasteiger partial charge in [0.05, 0.1) is 25.8 Å². The van der Waals surface area contributed by atoms with Gasteiger partial charge in [-0.3, -0.25) is 0 Å². The summed E-state index contributed by atoms with van der Waals surface area (Å²) >= 11 is 3.59. The van der Waals surface area contributed by atoms with Crippen molar-refractivity contribution in [1.82, 2.24) is 0 Å². The van der Waals surface area contributed by atoms with Crippen molar-refractivity contribution in [2.75, 3.05) is 19.5 Å². The molecular formula is C22H22BrNO3. The first-order valence-electron chi connectivity index (χ1n) is 9.03. The molecule has 0 amide bonds. The van der Waals surface area contributed by atoms with Crippen molar-refractivity contribution in [3.05, 3.63) is 69.2 Å². The molecule has 3 unspecified atom stereocenters. The zero-order valence-electron chi connectivity index (χ0n) is 15.6. The molecule has 5 heteroatoms. The lowest BCUT2D eigenvalue weighted by Gasteiger charge is -2.39. The maximum atomic E-state index is 12.2. The third-order valence-electron chi connectivity index (χ3n) is 5.73. The summed E-state index contributed by atoms with van der Waals surface area (Å²) in [5.41, 5.74) is 4.92. The highest BCUT2D eigenvalue weighted by Gasteiger charge is 2.40. The van der Waals surface area contributed by atoms with Crippen LogP contribution in [0.4, 0.5) is 5.69 Å². The van der Waals surface area contributed by atoms with Crippen molar-refractivity contribution in [3.63, 3.8) is 0 Å². The lowest BCUT2D eigenvalue weighted by atomic mass is 9.75. The molecule has 1 N–H and O–H groups in total. The number of carbonyl (C=O) groups is 1. The number of hydrogen-bond acceptors (Lipinski definition) is 4. The van der Waals surface area contributed by atoms with E-state index in [9.17, 15) is 4.79 Å². The molecule has 2 aliphatic rings. The summed E-state index contributed by atoms with van der Waals surface area (Å²) in [5.74, 6) is 1.29. The van der Waals surface area contributed by atoms with Crippen LogP contribution in [0.1, 0.15) is 45.4 Å². The fourth-order valence-electron chi connectivity index (χ4n) is 4.40. The predicted octanol–water partition coefficient (Wildman–Crippen LogP) is 5.38. The Morgan fingerprint density at radius 2 is 2.00 bits per heavy atom. The normalized spacial score (nSPS) is 22.6. The van der Waals surface area contributed by atoms with Crippen LogP contribution in [0.3, 0.4) is 0 Å². The van der Waals surface area contributed by atoms with Gasteiger partial charge in [0.2, 0.25) is 0 Å². The number of methoxy groups -OCH3 is 2. The maximum Gasteiger partial charge on any atom is 0.338 e. The van der Waals surface area contributed by atoms with E-state index < -0.39 is 0 Å². The Balaban J connectivity index is 1.85. The first-order valence-corrected chi connectivity index (χ1v) is 9.83. The number of ether oxygens (including phenoxy) is 2. The highest BCUT2D eigenvalue weighted by molar-refractivity contribution is 9.10. The fraction of sp³-hybridized carbons (Fsp3) is 0.318. The number of halogens is 1. The van der Waals surface area contributed by atoms with Crippen LogP contribution in [0, 0.1) is 12.8 Å². The third kappa shape index (κ3) is 2.94. The first-order chi connectivity index (χ1) is 13.0. The molecule has 0 spiro atoms. The van der Waals surface area contributed by atoms with E-state index in [2.05, 4.69) is 45.5 Å². The Kier molecular flexibility index (Phi) is 4.72. The fourth-order valence-corrected chi connectivity index (χ4v) is 4.78. The average Bonchev–Trinajstić information content (AvgIpc) is 3.17. The van der Waals surface area contributed by atoms with Gasteiger partial charge in [-0.15, -0.1) is 0 Å². The maximum absolute atomic E-state index is 12.2. The summed E-state index contributed by atoms with van der Waals surface area (Å²) in [5, 5.41) is 3.73. The van der Waals surface area contributed by atoms with E-state index in [-0.39, 0.29) is 12.0 Å². The monoisotopic (exact) mass is 427 g/mol. The second-order valence-corrected chi connectivity index (χ2v) is 7.97. The van der Waals surface area contributed by atoms with Gasteiger partial charge in [0.15, 0.2) is 0 Å². The molecule has 4 rings (SSSR count). The molecule has 0 saturated carbocycles. The summed E-state index contributed by atoms with van der Waals surface area (Å²) in [4.78, 5) is 12.2. The minimum absolute atomic E-state index is 0.0940. The molecular weight excluding hydrogens is 406 g/mol. The SMILES string of the molecule is COC(=O)c1ccc2c(c1C)NC(c1cc(Br)ccc1OC)C1CC=CC21. The van der Waals surface area contributed by atoms with Crippen LogP contribution in [0.2, 0.25) is 0 Å². The molecule has 1 aliphatic carbocycles. The van der Waals surface area contributed by atoms with Crippen LogP contribution in [0.5, 0.6) is 5.75 Å². The molecule has 2 aromatic carbocycles. The summed E-state index contributed by atoms with van der Waals surface area (Å²) in [6.07, 6.45) is 5.56. The first kappa shape index (κ1) is 18.1. The number of hydrogen-bond donors (Lipinski definition) is 1. The minimum atomic E-state index is -0.308. The predicted molar refractivity (Wildman–Crippen MR) is 110 cm³/mol. The number of carbonyl (C=O) groups excluding carboxylic acids is 1. The molecule has 0 bridgehead atoms. The smallest absolute Gasteiger partial charge is 0.338 e. The third-order valence-corrected chi connectivity index (χ3v) is 6.22. The molecule has 2 aromatic rings. The topological polar surface area (TPSA) is 47.6 Å². The number of esters is 1. The average molecular weight is 428 g/mol. The lowest BCUT2D eigenvalue weighted by molar-refractivity contribution is 0.0600. The van der Waals surface area contributed by atoms with Gasteiger partial charge in [-0.2, -0.15) is 0 Å². The molecule has 1 heterocycles. The number of fused-ring (bicyclic) bond motifs is 3. The van der Waals surface area contributed by atoms with Crippen LogP contribution >= 0.6 is 15.9 Å². The lowest BCUT2D eigenvalue weighted by Crippen LogP contribution is -2.30. The summed E-state index contributed by atoms with van der Waals surface area (Å²) < 4.78 is 11.6. The van der Waals surface area contributed by atoms with Gasteiger partial charge < -0.3 is 14.8 Å². The van der Waals surface area contributed by atoms with E-state index in [0.717, 1.165) is 33.5 Å². The van der Waals surface area contributed by atoms with Crippen molar-refractivity contribution in [3.8, 4) is 5.75 Å². The Bertz CT molecular complexity index is 937. The van der Waals surface area contributed by atoms with Crippen LogP contribution in [-0.2, 0) is 4.74 Å². The Hall–Kier alpha value is -2.27. The molecule has 27 heavy (non-hydrogen) atoms. The van der Waals surface area contributed by atoms with Crippen LogP contribution < -0.4 is 10.1 Å². The van der Waals surface area contributed by atoms with Gasteiger partial charge in [0.25, 0.3) is 0 Å². The van der Waals surface area contributed by atoms with Crippen molar-refractivity contribution in [2.45, 2.75) is 25.3 Å². The van der Waals surface area contributed by atoms with Crippen LogP contribution in [-0.4, -0.2) is 20.2 Å². The van der Waals surface area contributed by atoms with Gasteiger partial charge in [-0.25, -0.2) is 4.79 Å². The van der Waals surface area contributed by atoms with Crippen molar-refractivity contribution in [1.29, 1.82) is 0 Å². The van der Waals surface area contributed by atoms with E-state index in [1.165, 1.54) is 12.7 Å². The number of rotatable bonds is 3. The molecule has 0 aromatic heterocycles. The molecule has 0 radical (unpaired) electrons. The van der Waals surface area contributed by atoms with Gasteiger partial charge in [-0.1, -0.05) is 34.1 Å². The zero-order chi connectivity index (χ0) is 19.1. The van der Waals surface area contributed by atoms with Gasteiger partial charge >= 0.3 is 5.97 Å². The summed E-state index contributed by atoms with van der Waals surface area (Å²) in [6.45, 7) is 1.98. The van der Waals surface area contributed by atoms with Crippen LogP contribution in [0.15, 0.2) is 47.0 Å². The number of nitrogens with one attached hydrogen (secondary N) is 1. The standard InChI is InChI=1S/C22H22BrNO3/c1-12-14(22(25)27-3)8-9-17-15-5-4-6-16(15)21(24-20(12)17)18-11-13(23)7-10-19(18)26-2/h4-5,7-11,15-16,21,24H,6H2,1-3H3.